The third-order valence-electron chi connectivity index (χ3n) is 3.12. The average Bonchev–Trinajstić information content (AvgIpc) is 2.63. The molecular formula is C12H19N3. The highest BCUT2D eigenvalue weighted by molar-refractivity contribution is 5.21. The molecule has 1 aromatic rings. The van der Waals surface area contributed by atoms with Crippen LogP contribution < -0.4 is 5.32 Å². The molecule has 0 bridgehead atoms. The van der Waals surface area contributed by atoms with E-state index in [-0.39, 0.29) is 0 Å². The fraction of sp³-hybridized carbons (Fsp3) is 0.583. The van der Waals surface area contributed by atoms with Crippen LogP contribution in [-0.2, 0) is 6.54 Å². The van der Waals surface area contributed by atoms with Crippen LogP contribution in [-0.4, -0.2) is 36.1 Å². The minimum absolute atomic E-state index is 0.648. The molecule has 82 valence electrons. The highest BCUT2D eigenvalue weighted by Crippen LogP contribution is 2.09. The van der Waals surface area contributed by atoms with Gasteiger partial charge in [0.1, 0.15) is 0 Å². The second-order valence-electron chi connectivity index (χ2n) is 4.43. The van der Waals surface area contributed by atoms with Crippen molar-refractivity contribution < 1.29 is 0 Å². The van der Waals surface area contributed by atoms with E-state index in [9.17, 15) is 0 Å². The zero-order chi connectivity index (χ0) is 10.7. The number of aromatic nitrogens is 1. The summed E-state index contributed by atoms with van der Waals surface area (Å²) in [5.74, 6) is 0. The maximum atomic E-state index is 4.16. The molecule has 1 aromatic heterocycles. The lowest BCUT2D eigenvalue weighted by molar-refractivity contribution is 0.397. The first-order valence-corrected chi connectivity index (χ1v) is 5.57. The summed E-state index contributed by atoms with van der Waals surface area (Å²) in [6.07, 6.45) is 5.07. The Kier molecular flexibility index (Phi) is 3.34. The van der Waals surface area contributed by atoms with Crippen LogP contribution in [0.1, 0.15) is 17.5 Å². The van der Waals surface area contributed by atoms with Gasteiger partial charge in [0.15, 0.2) is 0 Å². The summed E-state index contributed by atoms with van der Waals surface area (Å²) in [5, 5.41) is 3.59. The van der Waals surface area contributed by atoms with E-state index < -0.39 is 0 Å². The molecule has 0 saturated carbocycles. The van der Waals surface area contributed by atoms with Crippen molar-refractivity contribution in [3.05, 3.63) is 29.6 Å². The van der Waals surface area contributed by atoms with Gasteiger partial charge in [0.05, 0.1) is 0 Å². The van der Waals surface area contributed by atoms with Crippen molar-refractivity contribution in [2.24, 2.45) is 0 Å². The van der Waals surface area contributed by atoms with Crippen LogP contribution in [0, 0.1) is 6.92 Å². The smallest absolute Gasteiger partial charge is 0.0315 e. The van der Waals surface area contributed by atoms with Crippen molar-refractivity contribution in [1.29, 1.82) is 0 Å². The molecule has 1 unspecified atom stereocenters. The summed E-state index contributed by atoms with van der Waals surface area (Å²) in [6.45, 7) is 5.46. The Balaban J connectivity index is 1.86. The fourth-order valence-electron chi connectivity index (χ4n) is 2.04. The molecule has 0 amide bonds. The topological polar surface area (TPSA) is 28.2 Å². The molecular weight excluding hydrogens is 186 g/mol. The second kappa shape index (κ2) is 4.73. The van der Waals surface area contributed by atoms with Crippen molar-refractivity contribution in [1.82, 2.24) is 15.2 Å². The molecule has 1 fully saturated rings. The monoisotopic (exact) mass is 205 g/mol. The van der Waals surface area contributed by atoms with Gasteiger partial charge in [0, 0.05) is 31.5 Å². The predicted molar refractivity (Wildman–Crippen MR) is 61.7 cm³/mol. The molecule has 2 rings (SSSR count). The molecule has 1 aliphatic heterocycles. The second-order valence-corrected chi connectivity index (χ2v) is 4.43. The zero-order valence-corrected chi connectivity index (χ0v) is 9.53. The SMILES string of the molecule is Cc1ccncc1CNC1CCN(C)C1. The van der Waals surface area contributed by atoms with Crippen LogP contribution >= 0.6 is 0 Å². The molecule has 1 N–H and O–H groups in total. The third-order valence-corrected chi connectivity index (χ3v) is 3.12. The van der Waals surface area contributed by atoms with Crippen molar-refractivity contribution in [2.75, 3.05) is 20.1 Å². The van der Waals surface area contributed by atoms with Gasteiger partial charge in [-0.1, -0.05) is 0 Å². The normalized spacial score (nSPS) is 22.1. The predicted octanol–water partition coefficient (Wildman–Crippen LogP) is 1.18. The number of likely N-dealkylation sites (N-methyl/N-ethyl adjacent to an activating group) is 1. The minimum atomic E-state index is 0.648. The van der Waals surface area contributed by atoms with Gasteiger partial charge in [-0.3, -0.25) is 4.98 Å². The third kappa shape index (κ3) is 2.76. The van der Waals surface area contributed by atoms with E-state index in [0.717, 1.165) is 6.54 Å². The average molecular weight is 205 g/mol. The Morgan fingerprint density at radius 3 is 3.13 bits per heavy atom. The van der Waals surface area contributed by atoms with Crippen LogP contribution in [0.2, 0.25) is 0 Å². The number of hydrogen-bond acceptors (Lipinski definition) is 3. The lowest BCUT2D eigenvalue weighted by atomic mass is 10.1. The Hall–Kier alpha value is -0.930. The van der Waals surface area contributed by atoms with E-state index in [0.29, 0.717) is 6.04 Å². The van der Waals surface area contributed by atoms with E-state index in [1.807, 2.05) is 12.4 Å². The molecule has 3 heteroatoms. The molecule has 0 aliphatic carbocycles. The van der Waals surface area contributed by atoms with Gasteiger partial charge < -0.3 is 10.2 Å². The Labute approximate surface area is 91.5 Å². The molecule has 1 saturated heterocycles. The molecule has 0 radical (unpaired) electrons. The number of likely N-dealkylation sites (tertiary alicyclic amines) is 1. The minimum Gasteiger partial charge on any atom is -0.309 e. The van der Waals surface area contributed by atoms with Crippen molar-refractivity contribution in [3.8, 4) is 0 Å². The largest absolute Gasteiger partial charge is 0.309 e. The van der Waals surface area contributed by atoms with Crippen LogP contribution in [0.3, 0.4) is 0 Å². The standard InChI is InChI=1S/C12H19N3/c1-10-3-5-13-7-11(10)8-14-12-4-6-15(2)9-12/h3,5,7,12,14H,4,6,8-9H2,1-2H3. The maximum Gasteiger partial charge on any atom is 0.0315 e. The summed E-state index contributed by atoms with van der Waals surface area (Å²) < 4.78 is 0. The first-order chi connectivity index (χ1) is 7.25. The lowest BCUT2D eigenvalue weighted by Gasteiger charge is -2.13. The number of hydrogen-bond donors (Lipinski definition) is 1. The van der Waals surface area contributed by atoms with Gasteiger partial charge in [-0.2, -0.15) is 0 Å². The Bertz CT molecular complexity index is 324. The molecule has 3 nitrogen and oxygen atoms in total. The van der Waals surface area contributed by atoms with Crippen LogP contribution in [0.15, 0.2) is 18.5 Å². The summed E-state index contributed by atoms with van der Waals surface area (Å²) in [4.78, 5) is 6.52. The van der Waals surface area contributed by atoms with Crippen molar-refractivity contribution in [3.63, 3.8) is 0 Å². The Morgan fingerprint density at radius 2 is 2.47 bits per heavy atom. The van der Waals surface area contributed by atoms with E-state index in [1.54, 1.807) is 0 Å². The molecule has 15 heavy (non-hydrogen) atoms. The highest BCUT2D eigenvalue weighted by Gasteiger charge is 2.18. The van der Waals surface area contributed by atoms with E-state index in [2.05, 4.69) is 35.2 Å². The zero-order valence-electron chi connectivity index (χ0n) is 9.53. The summed E-state index contributed by atoms with van der Waals surface area (Å²) >= 11 is 0. The summed E-state index contributed by atoms with van der Waals surface area (Å²) in [7, 11) is 2.18. The van der Waals surface area contributed by atoms with Gasteiger partial charge >= 0.3 is 0 Å². The number of nitrogens with zero attached hydrogens (tertiary/aromatic N) is 2. The van der Waals surface area contributed by atoms with Crippen LogP contribution in [0.5, 0.6) is 0 Å². The number of rotatable bonds is 3. The molecule has 0 spiro atoms. The molecule has 1 atom stereocenters. The number of pyridine rings is 1. The lowest BCUT2D eigenvalue weighted by Crippen LogP contribution is -2.31. The van der Waals surface area contributed by atoms with Crippen molar-refractivity contribution >= 4 is 0 Å². The van der Waals surface area contributed by atoms with E-state index in [4.69, 9.17) is 0 Å². The van der Waals surface area contributed by atoms with Gasteiger partial charge in [-0.25, -0.2) is 0 Å². The number of nitrogens with one attached hydrogen (secondary N) is 1. The highest BCUT2D eigenvalue weighted by atomic mass is 15.2. The van der Waals surface area contributed by atoms with E-state index in [1.165, 1.54) is 30.6 Å². The van der Waals surface area contributed by atoms with Gasteiger partial charge in [-0.15, -0.1) is 0 Å². The van der Waals surface area contributed by atoms with Gasteiger partial charge in [0.25, 0.3) is 0 Å². The number of aryl methyl sites for hydroxylation is 1. The quantitative estimate of drug-likeness (QED) is 0.803. The first-order valence-electron chi connectivity index (χ1n) is 5.57. The first kappa shape index (κ1) is 10.6. The fourth-order valence-corrected chi connectivity index (χ4v) is 2.04. The maximum absolute atomic E-state index is 4.16. The molecule has 1 aliphatic rings. The molecule has 0 aromatic carbocycles. The van der Waals surface area contributed by atoms with E-state index >= 15 is 0 Å². The summed E-state index contributed by atoms with van der Waals surface area (Å²) in [5.41, 5.74) is 2.64. The van der Waals surface area contributed by atoms with Crippen molar-refractivity contribution in [2.45, 2.75) is 25.9 Å². The van der Waals surface area contributed by atoms with Crippen LogP contribution in [0.4, 0.5) is 0 Å². The van der Waals surface area contributed by atoms with Gasteiger partial charge in [-0.05, 0) is 44.1 Å². The van der Waals surface area contributed by atoms with Gasteiger partial charge in [0.2, 0.25) is 0 Å². The molecule has 2 heterocycles. The van der Waals surface area contributed by atoms with Crippen LogP contribution in [0.25, 0.3) is 0 Å². The Morgan fingerprint density at radius 1 is 1.60 bits per heavy atom. The summed E-state index contributed by atoms with van der Waals surface area (Å²) in [6, 6.07) is 2.72.